The Balaban J connectivity index is 2.75. The largest absolute Gasteiger partial charge is 0.416 e. The number of allylic oxidation sites excluding steroid dienone is 3. The van der Waals surface area contributed by atoms with Gasteiger partial charge in [0.15, 0.2) is 0 Å². The third-order valence-electron chi connectivity index (χ3n) is 3.66. The van der Waals surface area contributed by atoms with E-state index in [2.05, 4.69) is 16.9 Å². The molecule has 0 aliphatic heterocycles. The van der Waals surface area contributed by atoms with Crippen LogP contribution >= 0.6 is 0 Å². The van der Waals surface area contributed by atoms with E-state index in [0.717, 1.165) is 17.7 Å². The second kappa shape index (κ2) is 12.5. The highest BCUT2D eigenvalue weighted by atomic mass is 19.4. The lowest BCUT2D eigenvalue weighted by Gasteiger charge is -2.09. The SMILES string of the molecule is C=C/C=C\C(=C/COCC)CN=C/C(=C\C)C(=O)Nc1ccc(C(F)(F)F)cc1. The van der Waals surface area contributed by atoms with Crippen LogP contribution in [0.3, 0.4) is 0 Å². The lowest BCUT2D eigenvalue weighted by molar-refractivity contribution is -0.137. The van der Waals surface area contributed by atoms with Gasteiger partial charge in [-0.15, -0.1) is 0 Å². The Kier molecular flexibility index (Phi) is 10.4. The maximum absolute atomic E-state index is 12.6. The van der Waals surface area contributed by atoms with Crippen molar-refractivity contribution in [2.45, 2.75) is 20.0 Å². The standard InChI is InChI=1S/C22H25F3N2O2/c1-4-7-8-17(13-14-29-6-3)15-26-16-18(5-2)21(28)27-20-11-9-19(10-12-20)22(23,24)25/h4-5,7-13,16H,1,6,14-15H2,2-3H3,(H,27,28)/b8-7-,17-13+,18-5+,26-16?. The molecule has 1 rings (SSSR count). The third kappa shape index (κ3) is 9.21. The van der Waals surface area contributed by atoms with E-state index in [4.69, 9.17) is 4.74 Å². The van der Waals surface area contributed by atoms with Gasteiger partial charge in [-0.05, 0) is 43.7 Å². The first-order valence-corrected chi connectivity index (χ1v) is 9.02. The van der Waals surface area contributed by atoms with Crippen molar-refractivity contribution in [2.24, 2.45) is 4.99 Å². The highest BCUT2D eigenvalue weighted by Gasteiger charge is 2.29. The molecule has 0 fully saturated rings. The second-order valence-electron chi connectivity index (χ2n) is 5.78. The predicted octanol–water partition coefficient (Wildman–Crippen LogP) is 5.37. The fourth-order valence-electron chi connectivity index (χ4n) is 2.12. The highest BCUT2D eigenvalue weighted by Crippen LogP contribution is 2.29. The summed E-state index contributed by atoms with van der Waals surface area (Å²) < 4.78 is 43.1. The molecule has 4 nitrogen and oxygen atoms in total. The van der Waals surface area contributed by atoms with E-state index in [1.54, 1.807) is 25.2 Å². The third-order valence-corrected chi connectivity index (χ3v) is 3.66. The van der Waals surface area contributed by atoms with Gasteiger partial charge in [0.05, 0.1) is 24.3 Å². The molecule has 1 aromatic rings. The van der Waals surface area contributed by atoms with Gasteiger partial charge in [-0.2, -0.15) is 13.2 Å². The summed E-state index contributed by atoms with van der Waals surface area (Å²) in [5.41, 5.74) is 0.680. The first-order chi connectivity index (χ1) is 13.8. The normalized spacial score (nSPS) is 13.3. The van der Waals surface area contributed by atoms with E-state index in [1.165, 1.54) is 18.3 Å². The number of hydrogen-bond donors (Lipinski definition) is 1. The molecule has 0 aromatic heterocycles. The minimum absolute atomic E-state index is 0.266. The average Bonchev–Trinajstić information content (AvgIpc) is 2.68. The Morgan fingerprint density at radius 1 is 1.28 bits per heavy atom. The van der Waals surface area contributed by atoms with Crippen LogP contribution in [0.25, 0.3) is 0 Å². The van der Waals surface area contributed by atoms with Gasteiger partial charge in [0.1, 0.15) is 0 Å². The van der Waals surface area contributed by atoms with Crippen molar-refractivity contribution in [3.8, 4) is 0 Å². The monoisotopic (exact) mass is 406 g/mol. The molecule has 0 unspecified atom stereocenters. The molecule has 0 saturated heterocycles. The van der Waals surface area contributed by atoms with E-state index in [-0.39, 0.29) is 5.69 Å². The van der Waals surface area contributed by atoms with Crippen LogP contribution in [0.15, 0.2) is 77.4 Å². The molecule has 0 atom stereocenters. The number of ether oxygens (including phenoxy) is 1. The lowest BCUT2D eigenvalue weighted by atomic mass is 10.2. The van der Waals surface area contributed by atoms with Crippen molar-refractivity contribution < 1.29 is 22.7 Å². The first kappa shape index (κ1) is 24.1. The van der Waals surface area contributed by atoms with Crippen molar-refractivity contribution in [3.05, 3.63) is 77.9 Å². The molecule has 0 radical (unpaired) electrons. The predicted molar refractivity (Wildman–Crippen MR) is 111 cm³/mol. The summed E-state index contributed by atoms with van der Waals surface area (Å²) in [6.07, 6.45) is 5.74. The van der Waals surface area contributed by atoms with Gasteiger partial charge in [0.25, 0.3) is 5.91 Å². The Morgan fingerprint density at radius 2 is 1.97 bits per heavy atom. The molecule has 0 saturated carbocycles. The summed E-state index contributed by atoms with van der Waals surface area (Å²) in [5, 5.41) is 2.56. The number of carbonyl (C=O) groups excluding carboxylic acids is 1. The van der Waals surface area contributed by atoms with Crippen LogP contribution in [0, 0.1) is 0 Å². The molecule has 1 aromatic carbocycles. The summed E-state index contributed by atoms with van der Waals surface area (Å²) in [6.45, 7) is 8.59. The summed E-state index contributed by atoms with van der Waals surface area (Å²) in [4.78, 5) is 16.6. The molecule has 0 spiro atoms. The molecule has 0 aliphatic carbocycles. The topological polar surface area (TPSA) is 50.7 Å². The Morgan fingerprint density at radius 3 is 2.52 bits per heavy atom. The van der Waals surface area contributed by atoms with Gasteiger partial charge >= 0.3 is 6.18 Å². The molecule has 0 bridgehead atoms. The van der Waals surface area contributed by atoms with Gasteiger partial charge in [-0.3, -0.25) is 9.79 Å². The van der Waals surface area contributed by atoms with Crippen LogP contribution in [-0.2, 0) is 15.7 Å². The number of amides is 1. The lowest BCUT2D eigenvalue weighted by Crippen LogP contribution is -2.15. The van der Waals surface area contributed by atoms with Crippen molar-refractivity contribution in [3.63, 3.8) is 0 Å². The summed E-state index contributed by atoms with van der Waals surface area (Å²) >= 11 is 0. The molecule has 29 heavy (non-hydrogen) atoms. The van der Waals surface area contributed by atoms with Crippen LogP contribution in [0.1, 0.15) is 19.4 Å². The van der Waals surface area contributed by atoms with Gasteiger partial charge < -0.3 is 10.1 Å². The zero-order chi connectivity index (χ0) is 21.7. The quantitative estimate of drug-likeness (QED) is 0.246. The van der Waals surface area contributed by atoms with Crippen LogP contribution < -0.4 is 5.32 Å². The van der Waals surface area contributed by atoms with Crippen molar-refractivity contribution in [2.75, 3.05) is 25.1 Å². The van der Waals surface area contributed by atoms with Gasteiger partial charge in [0.2, 0.25) is 0 Å². The van der Waals surface area contributed by atoms with E-state index in [0.29, 0.717) is 25.3 Å². The van der Waals surface area contributed by atoms with Gasteiger partial charge in [0, 0.05) is 18.5 Å². The number of nitrogens with one attached hydrogen (secondary N) is 1. The molecule has 0 aliphatic rings. The molecule has 7 heteroatoms. The summed E-state index contributed by atoms with van der Waals surface area (Å²) in [7, 11) is 0. The number of halogens is 3. The van der Waals surface area contributed by atoms with Crippen molar-refractivity contribution in [1.29, 1.82) is 0 Å². The van der Waals surface area contributed by atoms with Crippen LogP contribution in [0.4, 0.5) is 18.9 Å². The van der Waals surface area contributed by atoms with Crippen molar-refractivity contribution in [1.82, 2.24) is 0 Å². The maximum atomic E-state index is 12.6. The molecule has 156 valence electrons. The molecular formula is C22H25F3N2O2. The van der Waals surface area contributed by atoms with Crippen LogP contribution in [0.5, 0.6) is 0 Å². The molecule has 0 heterocycles. The summed E-state index contributed by atoms with van der Waals surface area (Å²) in [5.74, 6) is -0.461. The zero-order valence-electron chi connectivity index (χ0n) is 16.5. The molecule has 1 amide bonds. The number of alkyl halides is 3. The number of carbonyl (C=O) groups is 1. The second-order valence-corrected chi connectivity index (χ2v) is 5.78. The number of nitrogens with zero attached hydrogens (tertiary/aromatic N) is 1. The van der Waals surface area contributed by atoms with E-state index < -0.39 is 17.6 Å². The minimum atomic E-state index is -4.42. The molecule has 1 N–H and O–H groups in total. The number of aliphatic imine (C=N–C) groups is 1. The number of hydrogen-bond acceptors (Lipinski definition) is 3. The number of benzene rings is 1. The van der Waals surface area contributed by atoms with Crippen LogP contribution in [0.2, 0.25) is 0 Å². The Hall–Kier alpha value is -2.93. The number of rotatable bonds is 10. The summed E-state index contributed by atoms with van der Waals surface area (Å²) in [6, 6.07) is 4.25. The fourth-order valence-corrected chi connectivity index (χ4v) is 2.12. The fraction of sp³-hybridized carbons (Fsp3) is 0.273. The number of anilines is 1. The van der Waals surface area contributed by atoms with Crippen molar-refractivity contribution >= 4 is 17.8 Å². The minimum Gasteiger partial charge on any atom is -0.378 e. The Labute approximate surface area is 169 Å². The zero-order valence-corrected chi connectivity index (χ0v) is 16.5. The maximum Gasteiger partial charge on any atom is 0.416 e. The highest BCUT2D eigenvalue weighted by molar-refractivity contribution is 6.17. The van der Waals surface area contributed by atoms with Crippen LogP contribution in [-0.4, -0.2) is 31.9 Å². The van der Waals surface area contributed by atoms with E-state index >= 15 is 0 Å². The first-order valence-electron chi connectivity index (χ1n) is 9.02. The van der Waals surface area contributed by atoms with Gasteiger partial charge in [-0.1, -0.05) is 37.0 Å². The Bertz CT molecular complexity index is 789. The van der Waals surface area contributed by atoms with E-state index in [1.807, 2.05) is 19.1 Å². The smallest absolute Gasteiger partial charge is 0.378 e. The van der Waals surface area contributed by atoms with E-state index in [9.17, 15) is 18.0 Å². The molecular weight excluding hydrogens is 381 g/mol. The van der Waals surface area contributed by atoms with Gasteiger partial charge in [-0.25, -0.2) is 0 Å². The average molecular weight is 406 g/mol.